The Hall–Kier alpha value is -1.29. The van der Waals surface area contributed by atoms with E-state index < -0.39 is 0 Å². The number of nitrogens with one attached hydrogen (secondary N) is 1. The first-order valence-corrected chi connectivity index (χ1v) is 7.64. The van der Waals surface area contributed by atoms with E-state index in [4.69, 9.17) is 0 Å². The molecule has 4 heteroatoms. The maximum atomic E-state index is 4.39. The van der Waals surface area contributed by atoms with Crippen LogP contribution in [0.4, 0.5) is 5.82 Å². The Labute approximate surface area is 111 Å². The molecule has 18 heavy (non-hydrogen) atoms. The molecule has 1 N–H and O–H groups in total. The molecule has 2 unspecified atom stereocenters. The van der Waals surface area contributed by atoms with Crippen LogP contribution in [-0.4, -0.2) is 27.5 Å². The number of para-hydroxylation sites is 1. The number of nitrogens with zero attached hydrogens (tertiary/aromatic N) is 2. The Morgan fingerprint density at radius 3 is 2.94 bits per heavy atom. The second-order valence-corrected chi connectivity index (χ2v) is 5.89. The molecule has 2 atom stereocenters. The molecule has 1 aromatic heterocycles. The molecule has 1 heterocycles. The molecule has 0 spiro atoms. The van der Waals surface area contributed by atoms with Crippen molar-refractivity contribution >= 4 is 28.5 Å². The summed E-state index contributed by atoms with van der Waals surface area (Å²) in [6.45, 7) is 0. The molecule has 0 aliphatic heterocycles. The van der Waals surface area contributed by atoms with Crippen molar-refractivity contribution in [3.8, 4) is 0 Å². The van der Waals surface area contributed by atoms with E-state index in [-0.39, 0.29) is 0 Å². The van der Waals surface area contributed by atoms with Crippen molar-refractivity contribution in [2.45, 2.75) is 30.6 Å². The first kappa shape index (κ1) is 11.8. The van der Waals surface area contributed by atoms with Gasteiger partial charge in [-0.15, -0.1) is 0 Å². The maximum absolute atomic E-state index is 4.39. The Bertz CT molecular complexity index is 538. The van der Waals surface area contributed by atoms with E-state index in [2.05, 4.69) is 27.6 Å². The van der Waals surface area contributed by atoms with Gasteiger partial charge in [-0.05, 0) is 37.7 Å². The average molecular weight is 259 g/mol. The van der Waals surface area contributed by atoms with Crippen molar-refractivity contribution in [3.05, 3.63) is 30.6 Å². The van der Waals surface area contributed by atoms with Gasteiger partial charge in [0.25, 0.3) is 0 Å². The Balaban J connectivity index is 1.83. The van der Waals surface area contributed by atoms with Gasteiger partial charge in [0.1, 0.15) is 12.1 Å². The second kappa shape index (κ2) is 5.14. The third-order valence-corrected chi connectivity index (χ3v) is 4.70. The molecule has 3 nitrogen and oxygen atoms in total. The van der Waals surface area contributed by atoms with Crippen LogP contribution in [0.1, 0.15) is 19.3 Å². The van der Waals surface area contributed by atoms with E-state index in [0.717, 1.165) is 22.0 Å². The summed E-state index contributed by atoms with van der Waals surface area (Å²) in [7, 11) is 0. The van der Waals surface area contributed by atoms with Gasteiger partial charge in [0, 0.05) is 16.7 Å². The number of anilines is 1. The number of hydrogen-bond donors (Lipinski definition) is 1. The van der Waals surface area contributed by atoms with E-state index in [1.807, 2.05) is 30.0 Å². The fourth-order valence-corrected chi connectivity index (χ4v) is 3.40. The number of fused-ring (bicyclic) bond motifs is 1. The molecule has 0 radical (unpaired) electrons. The van der Waals surface area contributed by atoms with Crippen LogP contribution in [0.15, 0.2) is 30.6 Å². The van der Waals surface area contributed by atoms with Gasteiger partial charge in [0.2, 0.25) is 0 Å². The Kier molecular flexibility index (Phi) is 3.37. The highest BCUT2D eigenvalue weighted by Gasteiger charge is 2.24. The fraction of sp³-hybridized carbons (Fsp3) is 0.429. The minimum atomic E-state index is 0.556. The van der Waals surface area contributed by atoms with Gasteiger partial charge in [-0.2, -0.15) is 11.8 Å². The van der Waals surface area contributed by atoms with Crippen LogP contribution in [0.25, 0.3) is 10.9 Å². The standard InChI is InChI=1S/C14H17N3S/c1-18-11-7-6-10(8-11)17-14-12-4-2-3-5-13(12)15-9-16-14/h2-5,9-11H,6-8H2,1H3,(H,15,16,17). The summed E-state index contributed by atoms with van der Waals surface area (Å²) in [5, 5.41) is 5.50. The molecule has 1 aliphatic rings. The lowest BCUT2D eigenvalue weighted by atomic mass is 10.2. The van der Waals surface area contributed by atoms with Crippen LogP contribution >= 0.6 is 11.8 Å². The van der Waals surface area contributed by atoms with Gasteiger partial charge in [-0.25, -0.2) is 9.97 Å². The first-order valence-electron chi connectivity index (χ1n) is 6.36. The lowest BCUT2D eigenvalue weighted by Crippen LogP contribution is -2.17. The van der Waals surface area contributed by atoms with Gasteiger partial charge in [-0.3, -0.25) is 0 Å². The van der Waals surface area contributed by atoms with Crippen molar-refractivity contribution in [2.75, 3.05) is 11.6 Å². The third kappa shape index (κ3) is 2.29. The fourth-order valence-electron chi connectivity index (χ4n) is 2.60. The molecule has 1 aromatic carbocycles. The summed E-state index contributed by atoms with van der Waals surface area (Å²) in [4.78, 5) is 8.68. The summed E-state index contributed by atoms with van der Waals surface area (Å²) in [6.07, 6.45) is 7.63. The zero-order valence-electron chi connectivity index (χ0n) is 10.5. The van der Waals surface area contributed by atoms with E-state index in [0.29, 0.717) is 6.04 Å². The van der Waals surface area contributed by atoms with Gasteiger partial charge in [0.05, 0.1) is 5.52 Å². The summed E-state index contributed by atoms with van der Waals surface area (Å²) in [6, 6.07) is 8.72. The van der Waals surface area contributed by atoms with E-state index in [9.17, 15) is 0 Å². The van der Waals surface area contributed by atoms with Gasteiger partial charge >= 0.3 is 0 Å². The molecule has 0 amide bonds. The summed E-state index contributed by atoms with van der Waals surface area (Å²) >= 11 is 1.98. The quantitative estimate of drug-likeness (QED) is 0.917. The molecular formula is C14H17N3S. The van der Waals surface area contributed by atoms with Crippen molar-refractivity contribution < 1.29 is 0 Å². The number of aromatic nitrogens is 2. The molecule has 0 bridgehead atoms. The molecule has 1 aliphatic carbocycles. The van der Waals surface area contributed by atoms with Crippen molar-refractivity contribution in [3.63, 3.8) is 0 Å². The zero-order valence-corrected chi connectivity index (χ0v) is 11.3. The predicted molar refractivity (Wildman–Crippen MR) is 78.1 cm³/mol. The molecule has 0 saturated heterocycles. The largest absolute Gasteiger partial charge is 0.367 e. The van der Waals surface area contributed by atoms with Crippen LogP contribution in [0.2, 0.25) is 0 Å². The average Bonchev–Trinajstić information content (AvgIpc) is 2.87. The van der Waals surface area contributed by atoms with Gasteiger partial charge in [-0.1, -0.05) is 12.1 Å². The van der Waals surface area contributed by atoms with Crippen molar-refractivity contribution in [1.29, 1.82) is 0 Å². The smallest absolute Gasteiger partial charge is 0.137 e. The van der Waals surface area contributed by atoms with Crippen molar-refractivity contribution in [2.24, 2.45) is 0 Å². The second-order valence-electron chi connectivity index (χ2n) is 4.75. The number of benzene rings is 1. The lowest BCUT2D eigenvalue weighted by molar-refractivity contribution is 0.753. The normalized spacial score (nSPS) is 23.4. The number of hydrogen-bond acceptors (Lipinski definition) is 4. The molecular weight excluding hydrogens is 242 g/mol. The monoisotopic (exact) mass is 259 g/mol. The zero-order chi connectivity index (χ0) is 12.4. The third-order valence-electron chi connectivity index (χ3n) is 3.60. The van der Waals surface area contributed by atoms with Crippen LogP contribution in [0.3, 0.4) is 0 Å². The minimum Gasteiger partial charge on any atom is -0.367 e. The molecule has 3 rings (SSSR count). The number of thioether (sulfide) groups is 1. The summed E-state index contributed by atoms with van der Waals surface area (Å²) in [5.41, 5.74) is 1.01. The van der Waals surface area contributed by atoms with Crippen LogP contribution in [-0.2, 0) is 0 Å². The molecule has 94 valence electrons. The van der Waals surface area contributed by atoms with Crippen LogP contribution in [0.5, 0.6) is 0 Å². The van der Waals surface area contributed by atoms with Crippen LogP contribution < -0.4 is 5.32 Å². The predicted octanol–water partition coefficient (Wildman–Crippen LogP) is 3.33. The Morgan fingerprint density at radius 2 is 2.11 bits per heavy atom. The van der Waals surface area contributed by atoms with Crippen molar-refractivity contribution in [1.82, 2.24) is 9.97 Å². The topological polar surface area (TPSA) is 37.8 Å². The maximum Gasteiger partial charge on any atom is 0.137 e. The summed E-state index contributed by atoms with van der Waals surface area (Å²) < 4.78 is 0. The van der Waals surface area contributed by atoms with E-state index >= 15 is 0 Å². The number of rotatable bonds is 3. The first-order chi connectivity index (χ1) is 8.86. The Morgan fingerprint density at radius 1 is 1.22 bits per heavy atom. The van der Waals surface area contributed by atoms with E-state index in [1.54, 1.807) is 6.33 Å². The lowest BCUT2D eigenvalue weighted by Gasteiger charge is -2.14. The highest BCUT2D eigenvalue weighted by Crippen LogP contribution is 2.31. The molecule has 1 saturated carbocycles. The highest BCUT2D eigenvalue weighted by atomic mass is 32.2. The van der Waals surface area contributed by atoms with Gasteiger partial charge < -0.3 is 5.32 Å². The SMILES string of the molecule is CSC1CCC(Nc2ncnc3ccccc23)C1. The van der Waals surface area contributed by atoms with E-state index in [1.165, 1.54) is 19.3 Å². The summed E-state index contributed by atoms with van der Waals surface area (Å²) in [5.74, 6) is 0.979. The molecule has 1 fully saturated rings. The highest BCUT2D eigenvalue weighted by molar-refractivity contribution is 7.99. The van der Waals surface area contributed by atoms with Crippen LogP contribution in [0, 0.1) is 0 Å². The van der Waals surface area contributed by atoms with Gasteiger partial charge in [0.15, 0.2) is 0 Å². The molecule has 2 aromatic rings. The minimum absolute atomic E-state index is 0.556.